The first-order valence-corrected chi connectivity index (χ1v) is 9.49. The normalized spacial score (nSPS) is 14.4. The Morgan fingerprint density at radius 1 is 1.17 bits per heavy atom. The second-order valence-corrected chi connectivity index (χ2v) is 7.88. The molecule has 3 rings (SSSR count). The van der Waals surface area contributed by atoms with Gasteiger partial charge in [-0.1, -0.05) is 24.3 Å². The molecule has 0 fully saturated rings. The first-order valence-electron chi connectivity index (χ1n) is 7.84. The number of rotatable bonds is 4. The van der Waals surface area contributed by atoms with Crippen molar-refractivity contribution in [1.29, 1.82) is 0 Å². The van der Waals surface area contributed by atoms with Gasteiger partial charge in [-0.2, -0.15) is 0 Å². The lowest BCUT2D eigenvalue weighted by Crippen LogP contribution is -2.24. The third-order valence-electron chi connectivity index (χ3n) is 4.31. The maximum atomic E-state index is 12.4. The molecule has 0 aromatic heterocycles. The summed E-state index contributed by atoms with van der Waals surface area (Å²) < 4.78 is 27.6. The molecular weight excluding hydrogens is 308 g/mol. The molecule has 0 saturated carbocycles. The molecular formula is C18H22N2O2S. The Hall–Kier alpha value is -2.01. The Morgan fingerprint density at radius 2 is 1.96 bits per heavy atom. The van der Waals surface area contributed by atoms with Crippen molar-refractivity contribution in [3.8, 4) is 0 Å². The van der Waals surface area contributed by atoms with E-state index < -0.39 is 10.0 Å². The third-order valence-corrected chi connectivity index (χ3v) is 5.55. The molecule has 0 atom stereocenters. The summed E-state index contributed by atoms with van der Waals surface area (Å²) in [4.78, 5) is 2.21. The molecule has 23 heavy (non-hydrogen) atoms. The molecule has 2 aromatic carbocycles. The Bertz CT molecular complexity index is 816. The van der Waals surface area contributed by atoms with Crippen molar-refractivity contribution >= 4 is 21.4 Å². The van der Waals surface area contributed by atoms with E-state index in [0.717, 1.165) is 30.5 Å². The van der Waals surface area contributed by atoms with Gasteiger partial charge in [0.25, 0.3) is 0 Å². The van der Waals surface area contributed by atoms with Crippen LogP contribution in [0.3, 0.4) is 0 Å². The third kappa shape index (κ3) is 3.67. The van der Waals surface area contributed by atoms with Crippen molar-refractivity contribution in [2.45, 2.75) is 25.5 Å². The Morgan fingerprint density at radius 3 is 2.74 bits per heavy atom. The van der Waals surface area contributed by atoms with Crippen LogP contribution < -0.4 is 9.62 Å². The number of sulfonamides is 1. The lowest BCUT2D eigenvalue weighted by atomic mass is 10.0. The standard InChI is InChI=1S/C18H22N2O2S/c1-14-6-3-4-7-16(14)13-23(21,22)19-17-9-10-18-15(12-17)8-5-11-20(18)2/h3-4,6-7,9-10,12,19H,5,8,11,13H2,1-2H3. The zero-order valence-corrected chi connectivity index (χ0v) is 14.4. The van der Waals surface area contributed by atoms with Crippen LogP contribution in [0.15, 0.2) is 42.5 Å². The van der Waals surface area contributed by atoms with E-state index in [2.05, 4.69) is 16.7 Å². The van der Waals surface area contributed by atoms with E-state index in [4.69, 9.17) is 0 Å². The first kappa shape index (κ1) is 15.9. The van der Waals surface area contributed by atoms with E-state index in [0.29, 0.717) is 5.69 Å². The average Bonchev–Trinajstić information content (AvgIpc) is 2.49. The topological polar surface area (TPSA) is 49.4 Å². The Kier molecular flexibility index (Phi) is 4.31. The van der Waals surface area contributed by atoms with Crippen LogP contribution >= 0.6 is 0 Å². The zero-order chi connectivity index (χ0) is 16.4. The van der Waals surface area contributed by atoms with Crippen LogP contribution in [-0.2, 0) is 22.2 Å². The number of aryl methyl sites for hydroxylation is 2. The molecule has 0 saturated heterocycles. The second kappa shape index (κ2) is 6.24. The monoisotopic (exact) mass is 330 g/mol. The quantitative estimate of drug-likeness (QED) is 0.935. The summed E-state index contributed by atoms with van der Waals surface area (Å²) in [6.07, 6.45) is 2.09. The minimum Gasteiger partial charge on any atom is -0.374 e. The Balaban J connectivity index is 1.80. The molecule has 1 N–H and O–H groups in total. The molecule has 0 radical (unpaired) electrons. The first-order chi connectivity index (χ1) is 10.9. The van der Waals surface area contributed by atoms with Gasteiger partial charge < -0.3 is 4.90 Å². The lowest BCUT2D eigenvalue weighted by molar-refractivity contribution is 0.600. The highest BCUT2D eigenvalue weighted by molar-refractivity contribution is 7.91. The highest BCUT2D eigenvalue weighted by Gasteiger charge is 2.17. The number of nitrogens with zero attached hydrogens (tertiary/aromatic N) is 1. The summed E-state index contributed by atoms with van der Waals surface area (Å²) in [5.74, 6) is -0.00331. The van der Waals surface area contributed by atoms with E-state index in [1.165, 1.54) is 11.3 Å². The summed E-state index contributed by atoms with van der Waals surface area (Å²) in [5, 5.41) is 0. The van der Waals surface area contributed by atoms with Crippen molar-refractivity contribution < 1.29 is 8.42 Å². The predicted octanol–water partition coefficient (Wildman–Crippen LogP) is 3.32. The van der Waals surface area contributed by atoms with Crippen molar-refractivity contribution in [3.05, 3.63) is 59.2 Å². The van der Waals surface area contributed by atoms with Gasteiger partial charge in [0.05, 0.1) is 5.75 Å². The molecule has 5 heteroatoms. The second-order valence-electron chi connectivity index (χ2n) is 6.16. The minimum atomic E-state index is -3.41. The van der Waals surface area contributed by atoms with Crippen molar-refractivity contribution in [1.82, 2.24) is 0 Å². The van der Waals surface area contributed by atoms with E-state index in [1.807, 2.05) is 49.4 Å². The van der Waals surface area contributed by atoms with Gasteiger partial charge in [-0.25, -0.2) is 8.42 Å². The van der Waals surface area contributed by atoms with Crippen LogP contribution in [0.4, 0.5) is 11.4 Å². The molecule has 122 valence electrons. The highest BCUT2D eigenvalue weighted by Crippen LogP contribution is 2.29. The number of hydrogen-bond acceptors (Lipinski definition) is 3. The van der Waals surface area contributed by atoms with Crippen molar-refractivity contribution in [2.24, 2.45) is 0 Å². The zero-order valence-electron chi connectivity index (χ0n) is 13.5. The summed E-state index contributed by atoms with van der Waals surface area (Å²) >= 11 is 0. The number of benzene rings is 2. The maximum Gasteiger partial charge on any atom is 0.236 e. The lowest BCUT2D eigenvalue weighted by Gasteiger charge is -2.27. The van der Waals surface area contributed by atoms with Crippen LogP contribution in [0.5, 0.6) is 0 Å². The molecule has 1 aliphatic rings. The SMILES string of the molecule is Cc1ccccc1CS(=O)(=O)Nc1ccc2c(c1)CCCN2C. The number of anilines is 2. The number of nitrogens with one attached hydrogen (secondary N) is 1. The molecule has 2 aromatic rings. The van der Waals surface area contributed by atoms with Gasteiger partial charge in [0.2, 0.25) is 10.0 Å². The Labute approximate surface area is 138 Å². The molecule has 0 amide bonds. The molecule has 0 bridgehead atoms. The summed E-state index contributed by atoms with van der Waals surface area (Å²) in [6.45, 7) is 2.98. The smallest absolute Gasteiger partial charge is 0.236 e. The average molecular weight is 330 g/mol. The minimum absolute atomic E-state index is 0.00331. The molecule has 1 heterocycles. The van der Waals surface area contributed by atoms with E-state index in [-0.39, 0.29) is 5.75 Å². The fourth-order valence-electron chi connectivity index (χ4n) is 3.04. The van der Waals surface area contributed by atoms with Crippen LogP contribution in [0.2, 0.25) is 0 Å². The van der Waals surface area contributed by atoms with Crippen LogP contribution in [-0.4, -0.2) is 22.0 Å². The van der Waals surface area contributed by atoms with Crippen LogP contribution in [0.25, 0.3) is 0 Å². The molecule has 0 aliphatic carbocycles. The fraction of sp³-hybridized carbons (Fsp3) is 0.333. The van der Waals surface area contributed by atoms with Crippen molar-refractivity contribution in [2.75, 3.05) is 23.2 Å². The highest BCUT2D eigenvalue weighted by atomic mass is 32.2. The van der Waals surface area contributed by atoms with Crippen molar-refractivity contribution in [3.63, 3.8) is 0 Å². The van der Waals surface area contributed by atoms with Gasteiger partial charge in [-0.05, 0) is 54.7 Å². The molecule has 0 spiro atoms. The van der Waals surface area contributed by atoms with Gasteiger partial charge in [-0.15, -0.1) is 0 Å². The van der Waals surface area contributed by atoms with E-state index in [9.17, 15) is 8.42 Å². The predicted molar refractivity (Wildman–Crippen MR) is 95.5 cm³/mol. The fourth-order valence-corrected chi connectivity index (χ4v) is 4.33. The molecule has 0 unspecified atom stereocenters. The van der Waals surface area contributed by atoms with Gasteiger partial charge in [-0.3, -0.25) is 4.72 Å². The largest absolute Gasteiger partial charge is 0.374 e. The summed E-state index contributed by atoms with van der Waals surface area (Å²) in [5.41, 5.74) is 4.86. The summed E-state index contributed by atoms with van der Waals surface area (Å²) in [6, 6.07) is 13.4. The van der Waals surface area contributed by atoms with Crippen LogP contribution in [0, 0.1) is 6.92 Å². The number of fused-ring (bicyclic) bond motifs is 1. The molecule has 1 aliphatic heterocycles. The van der Waals surface area contributed by atoms with E-state index >= 15 is 0 Å². The van der Waals surface area contributed by atoms with Gasteiger partial charge in [0.15, 0.2) is 0 Å². The van der Waals surface area contributed by atoms with Crippen LogP contribution in [0.1, 0.15) is 23.1 Å². The van der Waals surface area contributed by atoms with Gasteiger partial charge >= 0.3 is 0 Å². The van der Waals surface area contributed by atoms with Gasteiger partial charge in [0.1, 0.15) is 0 Å². The van der Waals surface area contributed by atoms with Gasteiger partial charge in [0, 0.05) is 25.0 Å². The number of hydrogen-bond donors (Lipinski definition) is 1. The molecule has 4 nitrogen and oxygen atoms in total. The maximum absolute atomic E-state index is 12.4. The summed E-state index contributed by atoms with van der Waals surface area (Å²) in [7, 11) is -1.34. The van der Waals surface area contributed by atoms with E-state index in [1.54, 1.807) is 0 Å².